The highest BCUT2D eigenvalue weighted by Gasteiger charge is 2.22. The molecule has 0 saturated carbocycles. The van der Waals surface area contributed by atoms with Gasteiger partial charge in [-0.1, -0.05) is 24.2 Å². The normalized spacial score (nSPS) is 15.2. The van der Waals surface area contributed by atoms with Crippen molar-refractivity contribution in [1.29, 1.82) is 0 Å². The zero-order valence-electron chi connectivity index (χ0n) is 17.2. The van der Waals surface area contributed by atoms with E-state index in [4.69, 9.17) is 9.47 Å². The average molecular weight is 457 g/mol. The Balaban J connectivity index is 1.35. The van der Waals surface area contributed by atoms with Gasteiger partial charge in [0.05, 0.1) is 12.3 Å². The van der Waals surface area contributed by atoms with E-state index in [0.717, 1.165) is 53.1 Å². The fourth-order valence-electron chi connectivity index (χ4n) is 3.85. The van der Waals surface area contributed by atoms with Crippen molar-refractivity contribution in [1.82, 2.24) is 14.8 Å². The molecule has 162 valence electrons. The van der Waals surface area contributed by atoms with Crippen LogP contribution in [-0.2, 0) is 24.3 Å². The Morgan fingerprint density at radius 2 is 2.03 bits per heavy atom. The SMILES string of the molecule is O=C(CSc1nnc2n1CCCCC2)N(Cc1cccs1)c1ccc2c(c1)OCCO2. The molecule has 0 spiro atoms. The lowest BCUT2D eigenvalue weighted by Gasteiger charge is -2.25. The standard InChI is InChI=1S/C22H24N4O3S2/c27-21(15-31-22-24-23-20-6-2-1-3-9-25(20)22)26(14-17-5-4-12-30-17)16-7-8-18-19(13-16)29-11-10-28-18/h4-5,7-8,12-13H,1-3,6,9-11,14-15H2. The quantitative estimate of drug-likeness (QED) is 0.519. The van der Waals surface area contributed by atoms with Crippen LogP contribution in [0, 0.1) is 0 Å². The van der Waals surface area contributed by atoms with Crippen LogP contribution in [0.3, 0.4) is 0 Å². The molecule has 3 aromatic rings. The van der Waals surface area contributed by atoms with Crippen LogP contribution in [0.15, 0.2) is 40.9 Å². The maximum absolute atomic E-state index is 13.3. The number of aromatic nitrogens is 3. The number of carbonyl (C=O) groups excluding carboxylic acids is 1. The molecule has 0 atom stereocenters. The smallest absolute Gasteiger partial charge is 0.237 e. The highest BCUT2D eigenvalue weighted by atomic mass is 32.2. The molecule has 0 saturated heterocycles. The van der Waals surface area contributed by atoms with Crippen LogP contribution in [0.1, 0.15) is 30.0 Å². The number of nitrogens with zero attached hydrogens (tertiary/aromatic N) is 4. The number of ether oxygens (including phenoxy) is 2. The Hall–Kier alpha value is -2.52. The van der Waals surface area contributed by atoms with E-state index >= 15 is 0 Å². The number of amides is 1. The zero-order chi connectivity index (χ0) is 21.0. The number of fused-ring (bicyclic) bond motifs is 2. The van der Waals surface area contributed by atoms with Crippen LogP contribution in [0.2, 0.25) is 0 Å². The Morgan fingerprint density at radius 3 is 2.90 bits per heavy atom. The van der Waals surface area contributed by atoms with Gasteiger partial charge < -0.3 is 18.9 Å². The third kappa shape index (κ3) is 4.57. The molecule has 7 nitrogen and oxygen atoms in total. The predicted molar refractivity (Wildman–Crippen MR) is 121 cm³/mol. The average Bonchev–Trinajstić information content (AvgIpc) is 3.39. The van der Waals surface area contributed by atoms with Gasteiger partial charge >= 0.3 is 0 Å². The van der Waals surface area contributed by atoms with Gasteiger partial charge in [0.25, 0.3) is 0 Å². The lowest BCUT2D eigenvalue weighted by molar-refractivity contribution is -0.116. The summed E-state index contributed by atoms with van der Waals surface area (Å²) in [7, 11) is 0. The first-order valence-electron chi connectivity index (χ1n) is 10.6. The number of thioether (sulfide) groups is 1. The Morgan fingerprint density at radius 1 is 1.13 bits per heavy atom. The monoisotopic (exact) mass is 456 g/mol. The van der Waals surface area contributed by atoms with Crippen molar-refractivity contribution in [2.75, 3.05) is 23.9 Å². The lowest BCUT2D eigenvalue weighted by atomic mass is 10.2. The molecule has 0 unspecified atom stereocenters. The van der Waals surface area contributed by atoms with Crippen molar-refractivity contribution < 1.29 is 14.3 Å². The fraction of sp³-hybridized carbons (Fsp3) is 0.409. The molecule has 2 aliphatic rings. The lowest BCUT2D eigenvalue weighted by Crippen LogP contribution is -2.32. The molecule has 0 radical (unpaired) electrons. The van der Waals surface area contributed by atoms with Crippen LogP contribution in [0.4, 0.5) is 5.69 Å². The maximum atomic E-state index is 13.3. The first kappa shape index (κ1) is 20.4. The van der Waals surface area contributed by atoms with Crippen molar-refractivity contribution >= 4 is 34.7 Å². The van der Waals surface area contributed by atoms with E-state index in [0.29, 0.717) is 31.3 Å². The maximum Gasteiger partial charge on any atom is 0.237 e. The van der Waals surface area contributed by atoms with Gasteiger partial charge in [-0.2, -0.15) is 0 Å². The summed E-state index contributed by atoms with van der Waals surface area (Å²) in [6, 6.07) is 9.76. The second kappa shape index (κ2) is 9.32. The molecule has 1 amide bonds. The van der Waals surface area contributed by atoms with E-state index in [2.05, 4.69) is 20.8 Å². The number of hydrogen-bond acceptors (Lipinski definition) is 7. The molecule has 2 aliphatic heterocycles. The van der Waals surface area contributed by atoms with Gasteiger partial charge in [-0.3, -0.25) is 4.79 Å². The van der Waals surface area contributed by atoms with E-state index in [9.17, 15) is 4.79 Å². The van der Waals surface area contributed by atoms with Gasteiger partial charge in [0.15, 0.2) is 16.7 Å². The summed E-state index contributed by atoms with van der Waals surface area (Å²) in [5.41, 5.74) is 0.809. The summed E-state index contributed by atoms with van der Waals surface area (Å²) < 4.78 is 13.5. The minimum atomic E-state index is 0.0287. The fourth-order valence-corrected chi connectivity index (χ4v) is 5.40. The topological polar surface area (TPSA) is 69.5 Å². The predicted octanol–water partition coefficient (Wildman–Crippen LogP) is 4.16. The second-order valence-corrected chi connectivity index (χ2v) is 9.51. The van der Waals surface area contributed by atoms with Crippen LogP contribution in [-0.4, -0.2) is 39.6 Å². The van der Waals surface area contributed by atoms with Gasteiger partial charge in [0, 0.05) is 29.6 Å². The molecule has 0 fully saturated rings. The molecular formula is C22H24N4O3S2. The van der Waals surface area contributed by atoms with E-state index in [-0.39, 0.29) is 5.91 Å². The zero-order valence-corrected chi connectivity index (χ0v) is 18.8. The molecule has 5 rings (SSSR count). The van der Waals surface area contributed by atoms with Crippen LogP contribution in [0.25, 0.3) is 0 Å². The number of hydrogen-bond donors (Lipinski definition) is 0. The number of anilines is 1. The number of rotatable bonds is 6. The summed E-state index contributed by atoms with van der Waals surface area (Å²) >= 11 is 3.11. The Kier molecular flexibility index (Phi) is 6.13. The highest BCUT2D eigenvalue weighted by molar-refractivity contribution is 7.99. The van der Waals surface area contributed by atoms with Gasteiger partial charge in [0.1, 0.15) is 19.0 Å². The summed E-state index contributed by atoms with van der Waals surface area (Å²) in [6.45, 7) is 2.52. The van der Waals surface area contributed by atoms with Crippen LogP contribution in [0.5, 0.6) is 11.5 Å². The summed E-state index contributed by atoms with van der Waals surface area (Å²) in [5, 5.41) is 11.6. The second-order valence-electron chi connectivity index (χ2n) is 7.54. The molecule has 2 aromatic heterocycles. The van der Waals surface area contributed by atoms with Crippen molar-refractivity contribution in [2.24, 2.45) is 0 Å². The van der Waals surface area contributed by atoms with Crippen LogP contribution >= 0.6 is 23.1 Å². The van der Waals surface area contributed by atoms with Crippen molar-refractivity contribution in [3.05, 3.63) is 46.4 Å². The molecular weight excluding hydrogens is 432 g/mol. The third-order valence-electron chi connectivity index (χ3n) is 5.43. The molecule has 9 heteroatoms. The Labute approximate surface area is 189 Å². The third-order valence-corrected chi connectivity index (χ3v) is 7.25. The van der Waals surface area contributed by atoms with E-state index in [1.54, 1.807) is 11.3 Å². The van der Waals surface area contributed by atoms with Crippen molar-refractivity contribution in [3.63, 3.8) is 0 Å². The first-order valence-corrected chi connectivity index (χ1v) is 12.4. The molecule has 31 heavy (non-hydrogen) atoms. The minimum absolute atomic E-state index is 0.0287. The molecule has 0 N–H and O–H groups in total. The number of benzene rings is 1. The van der Waals surface area contributed by atoms with Crippen molar-refractivity contribution in [3.8, 4) is 11.5 Å². The summed E-state index contributed by atoms with van der Waals surface area (Å²) in [6.07, 6.45) is 4.46. The van der Waals surface area contributed by atoms with E-state index < -0.39 is 0 Å². The van der Waals surface area contributed by atoms with E-state index in [1.165, 1.54) is 18.2 Å². The first-order chi connectivity index (χ1) is 15.3. The largest absolute Gasteiger partial charge is 0.486 e. The van der Waals surface area contributed by atoms with Gasteiger partial charge in [0.2, 0.25) is 5.91 Å². The van der Waals surface area contributed by atoms with Gasteiger partial charge in [-0.05, 0) is 36.4 Å². The Bertz CT molecular complexity index is 1050. The molecule has 0 bridgehead atoms. The molecule has 4 heterocycles. The number of thiophene rings is 1. The summed E-state index contributed by atoms with van der Waals surface area (Å²) in [5.74, 6) is 2.77. The van der Waals surface area contributed by atoms with Gasteiger partial charge in [-0.25, -0.2) is 0 Å². The van der Waals surface area contributed by atoms with Crippen molar-refractivity contribution in [2.45, 2.75) is 43.9 Å². The van der Waals surface area contributed by atoms with Crippen LogP contribution < -0.4 is 14.4 Å². The number of carbonyl (C=O) groups is 1. The highest BCUT2D eigenvalue weighted by Crippen LogP contribution is 2.35. The van der Waals surface area contributed by atoms with E-state index in [1.807, 2.05) is 34.5 Å². The minimum Gasteiger partial charge on any atom is -0.486 e. The number of aryl methyl sites for hydroxylation is 1. The summed E-state index contributed by atoms with van der Waals surface area (Å²) in [4.78, 5) is 16.3. The molecule has 1 aromatic carbocycles. The van der Waals surface area contributed by atoms with Gasteiger partial charge in [-0.15, -0.1) is 21.5 Å². The molecule has 0 aliphatic carbocycles.